The van der Waals surface area contributed by atoms with Crippen molar-refractivity contribution >= 4 is 29.3 Å². The van der Waals surface area contributed by atoms with Crippen LogP contribution >= 0.6 is 11.8 Å². The van der Waals surface area contributed by atoms with E-state index in [-0.39, 0.29) is 11.8 Å². The Hall–Kier alpha value is -3.05. The number of thioether (sulfide) groups is 1. The van der Waals surface area contributed by atoms with Gasteiger partial charge in [0, 0.05) is 23.7 Å². The van der Waals surface area contributed by atoms with E-state index in [1.807, 2.05) is 66.7 Å². The molecular formula is C25H26N2O2S. The van der Waals surface area contributed by atoms with E-state index in [1.54, 1.807) is 35.8 Å². The van der Waals surface area contributed by atoms with Gasteiger partial charge >= 0.3 is 0 Å². The molecule has 4 nitrogen and oxygen atoms in total. The van der Waals surface area contributed by atoms with Gasteiger partial charge in [-0.05, 0) is 29.8 Å². The van der Waals surface area contributed by atoms with Crippen LogP contribution < -0.4 is 5.32 Å². The van der Waals surface area contributed by atoms with E-state index in [1.165, 1.54) is 0 Å². The minimum absolute atomic E-state index is 0.139. The third-order valence-corrected chi connectivity index (χ3v) is 5.59. The van der Waals surface area contributed by atoms with Gasteiger partial charge < -0.3 is 10.2 Å². The molecule has 0 heterocycles. The van der Waals surface area contributed by atoms with Crippen molar-refractivity contribution in [1.82, 2.24) is 4.90 Å². The van der Waals surface area contributed by atoms with E-state index in [4.69, 9.17) is 0 Å². The maximum Gasteiger partial charge on any atom is 0.256 e. The molecule has 5 heteroatoms. The SMILES string of the molecule is CC(C)Sc1ccccc1C(=O)Nc1ccccc1C(=O)N(C)Cc1ccccc1. The summed E-state index contributed by atoms with van der Waals surface area (Å²) >= 11 is 1.64. The highest BCUT2D eigenvalue weighted by atomic mass is 32.2. The van der Waals surface area contributed by atoms with Gasteiger partial charge in [-0.1, -0.05) is 68.4 Å². The Morgan fingerprint density at radius 3 is 2.17 bits per heavy atom. The molecule has 3 aromatic rings. The Kier molecular flexibility index (Phi) is 7.31. The second kappa shape index (κ2) is 10.1. The third kappa shape index (κ3) is 5.51. The van der Waals surface area contributed by atoms with Crippen molar-refractivity contribution in [2.24, 2.45) is 0 Å². The molecule has 0 aliphatic rings. The number of anilines is 1. The molecule has 0 unspecified atom stereocenters. The lowest BCUT2D eigenvalue weighted by Gasteiger charge is -2.20. The van der Waals surface area contributed by atoms with Crippen LogP contribution in [0.1, 0.15) is 40.1 Å². The molecular weight excluding hydrogens is 392 g/mol. The fraction of sp³-hybridized carbons (Fsp3) is 0.200. The molecule has 0 radical (unpaired) electrons. The predicted octanol–water partition coefficient (Wildman–Crippen LogP) is 5.71. The number of hydrogen-bond acceptors (Lipinski definition) is 3. The second-order valence-corrected chi connectivity index (χ2v) is 8.93. The monoisotopic (exact) mass is 418 g/mol. The van der Waals surface area contributed by atoms with Crippen molar-refractivity contribution in [2.45, 2.75) is 30.5 Å². The molecule has 2 amide bonds. The molecule has 0 bridgehead atoms. The summed E-state index contributed by atoms with van der Waals surface area (Å²) in [5.41, 5.74) is 2.64. The van der Waals surface area contributed by atoms with Crippen LogP contribution in [0.15, 0.2) is 83.8 Å². The Morgan fingerprint density at radius 1 is 0.867 bits per heavy atom. The lowest BCUT2D eigenvalue weighted by molar-refractivity contribution is 0.0786. The summed E-state index contributed by atoms with van der Waals surface area (Å²) < 4.78 is 0. The topological polar surface area (TPSA) is 49.4 Å². The first-order valence-corrected chi connectivity index (χ1v) is 10.8. The molecule has 0 saturated carbocycles. The summed E-state index contributed by atoms with van der Waals surface area (Å²) in [4.78, 5) is 28.7. The smallest absolute Gasteiger partial charge is 0.256 e. The third-order valence-electron chi connectivity index (χ3n) is 4.51. The highest BCUT2D eigenvalue weighted by molar-refractivity contribution is 8.00. The zero-order valence-electron chi connectivity index (χ0n) is 17.5. The van der Waals surface area contributed by atoms with Crippen molar-refractivity contribution in [3.8, 4) is 0 Å². The number of carbonyl (C=O) groups is 2. The van der Waals surface area contributed by atoms with E-state index in [0.717, 1.165) is 10.5 Å². The number of nitrogens with one attached hydrogen (secondary N) is 1. The average Bonchev–Trinajstić information content (AvgIpc) is 2.74. The van der Waals surface area contributed by atoms with Crippen molar-refractivity contribution in [3.05, 3.63) is 95.6 Å². The molecule has 0 saturated heterocycles. The average molecular weight is 419 g/mol. The van der Waals surface area contributed by atoms with Gasteiger partial charge in [0.25, 0.3) is 11.8 Å². The van der Waals surface area contributed by atoms with Gasteiger partial charge in [0.1, 0.15) is 0 Å². The largest absolute Gasteiger partial charge is 0.337 e. The van der Waals surface area contributed by atoms with Gasteiger partial charge in [0.05, 0.1) is 16.8 Å². The molecule has 0 aromatic heterocycles. The molecule has 0 aliphatic heterocycles. The predicted molar refractivity (Wildman–Crippen MR) is 124 cm³/mol. The molecule has 3 rings (SSSR count). The second-order valence-electron chi connectivity index (χ2n) is 7.31. The van der Waals surface area contributed by atoms with Gasteiger partial charge in [-0.3, -0.25) is 9.59 Å². The molecule has 1 N–H and O–H groups in total. The van der Waals surface area contributed by atoms with Crippen LogP contribution in [0.2, 0.25) is 0 Å². The normalized spacial score (nSPS) is 10.7. The van der Waals surface area contributed by atoms with Crippen LogP contribution in [-0.4, -0.2) is 29.0 Å². The minimum Gasteiger partial charge on any atom is -0.337 e. The van der Waals surface area contributed by atoms with Gasteiger partial charge in [0.2, 0.25) is 0 Å². The maximum absolute atomic E-state index is 13.1. The number of rotatable bonds is 7. The quantitative estimate of drug-likeness (QED) is 0.500. The standard InChI is InChI=1S/C25H26N2O2S/c1-18(2)30-23-16-10-8-14-21(23)24(28)26-22-15-9-7-13-20(22)25(29)27(3)17-19-11-5-4-6-12-19/h4-16,18H,17H2,1-3H3,(H,26,28). The zero-order valence-corrected chi connectivity index (χ0v) is 18.3. The summed E-state index contributed by atoms with van der Waals surface area (Å²) in [6, 6.07) is 24.5. The van der Waals surface area contributed by atoms with E-state index >= 15 is 0 Å². The van der Waals surface area contributed by atoms with Crippen LogP contribution in [0.25, 0.3) is 0 Å². The van der Waals surface area contributed by atoms with Crippen molar-refractivity contribution in [3.63, 3.8) is 0 Å². The molecule has 0 aliphatic carbocycles. The number of hydrogen-bond donors (Lipinski definition) is 1. The van der Waals surface area contributed by atoms with Crippen LogP contribution in [-0.2, 0) is 6.54 Å². The van der Waals surface area contributed by atoms with Crippen LogP contribution in [0.4, 0.5) is 5.69 Å². The highest BCUT2D eigenvalue weighted by Gasteiger charge is 2.19. The summed E-state index contributed by atoms with van der Waals surface area (Å²) in [6.07, 6.45) is 0. The van der Waals surface area contributed by atoms with Crippen molar-refractivity contribution in [1.29, 1.82) is 0 Å². The molecule has 30 heavy (non-hydrogen) atoms. The van der Waals surface area contributed by atoms with Crippen LogP contribution in [0.5, 0.6) is 0 Å². The molecule has 0 spiro atoms. The van der Waals surface area contributed by atoms with E-state index in [9.17, 15) is 9.59 Å². The number of amides is 2. The molecule has 3 aromatic carbocycles. The van der Waals surface area contributed by atoms with Crippen LogP contribution in [0, 0.1) is 0 Å². The fourth-order valence-electron chi connectivity index (χ4n) is 3.11. The number of benzene rings is 3. The number of nitrogens with zero attached hydrogens (tertiary/aromatic N) is 1. The summed E-state index contributed by atoms with van der Waals surface area (Å²) in [7, 11) is 1.77. The number of para-hydroxylation sites is 1. The van der Waals surface area contributed by atoms with Gasteiger partial charge in [-0.2, -0.15) is 0 Å². The van der Waals surface area contributed by atoms with Gasteiger partial charge in [-0.15, -0.1) is 11.8 Å². The van der Waals surface area contributed by atoms with Crippen molar-refractivity contribution in [2.75, 3.05) is 12.4 Å². The maximum atomic E-state index is 13.1. The molecule has 0 fully saturated rings. The number of carbonyl (C=O) groups excluding carboxylic acids is 2. The Bertz CT molecular complexity index is 1020. The Balaban J connectivity index is 1.80. The molecule has 0 atom stereocenters. The van der Waals surface area contributed by atoms with Crippen LogP contribution in [0.3, 0.4) is 0 Å². The lowest BCUT2D eigenvalue weighted by atomic mass is 10.1. The lowest BCUT2D eigenvalue weighted by Crippen LogP contribution is -2.27. The summed E-state index contributed by atoms with van der Waals surface area (Å²) in [6.45, 7) is 4.68. The van der Waals surface area contributed by atoms with Crippen molar-refractivity contribution < 1.29 is 9.59 Å². The first-order valence-electron chi connectivity index (χ1n) is 9.91. The first kappa shape index (κ1) is 21.7. The summed E-state index contributed by atoms with van der Waals surface area (Å²) in [5, 5.41) is 3.30. The van der Waals surface area contributed by atoms with Gasteiger partial charge in [-0.25, -0.2) is 0 Å². The zero-order chi connectivity index (χ0) is 21.5. The van der Waals surface area contributed by atoms with E-state index in [2.05, 4.69) is 19.2 Å². The summed E-state index contributed by atoms with van der Waals surface area (Å²) in [5.74, 6) is -0.357. The highest BCUT2D eigenvalue weighted by Crippen LogP contribution is 2.27. The van der Waals surface area contributed by atoms with Gasteiger partial charge in [0.15, 0.2) is 0 Å². The Labute approximate surface area is 182 Å². The van der Waals surface area contributed by atoms with E-state index in [0.29, 0.717) is 28.6 Å². The molecule has 154 valence electrons. The van der Waals surface area contributed by atoms with E-state index < -0.39 is 0 Å². The minimum atomic E-state index is -0.218. The first-order chi connectivity index (χ1) is 14.5. The fourth-order valence-corrected chi connectivity index (χ4v) is 4.07. The Morgan fingerprint density at radius 2 is 1.47 bits per heavy atom.